The average Bonchev–Trinajstić information content (AvgIpc) is 2.15. The topological polar surface area (TPSA) is 41.6 Å². The normalized spacial score (nSPS) is 26.3. The lowest BCUT2D eigenvalue weighted by atomic mass is 9.94. The van der Waals surface area contributed by atoms with E-state index in [9.17, 15) is 4.79 Å². The average molecular weight is 228 g/mol. The molecule has 0 bridgehead atoms. The quantitative estimate of drug-likeness (QED) is 0.744. The van der Waals surface area contributed by atoms with Gasteiger partial charge in [0, 0.05) is 13.1 Å². The van der Waals surface area contributed by atoms with Crippen LogP contribution >= 0.6 is 0 Å². The van der Waals surface area contributed by atoms with E-state index in [0.717, 1.165) is 19.5 Å². The molecule has 0 aromatic rings. The number of ether oxygens (including phenoxy) is 1. The summed E-state index contributed by atoms with van der Waals surface area (Å²) < 4.78 is 5.37. The molecular weight excluding hydrogens is 204 g/mol. The summed E-state index contributed by atoms with van der Waals surface area (Å²) in [6, 6.07) is 0.288. The minimum Gasteiger partial charge on any atom is -0.444 e. The molecule has 0 spiro atoms. The fourth-order valence-corrected chi connectivity index (χ4v) is 2.04. The smallest absolute Gasteiger partial charge is 0.410 e. The van der Waals surface area contributed by atoms with Crippen molar-refractivity contribution in [2.45, 2.75) is 45.8 Å². The van der Waals surface area contributed by atoms with Crippen molar-refractivity contribution in [2.75, 3.05) is 20.1 Å². The van der Waals surface area contributed by atoms with Gasteiger partial charge in [0.2, 0.25) is 0 Å². The molecule has 0 aromatic carbocycles. The van der Waals surface area contributed by atoms with Crippen LogP contribution in [0.15, 0.2) is 0 Å². The van der Waals surface area contributed by atoms with Gasteiger partial charge < -0.3 is 15.0 Å². The first-order valence-electron chi connectivity index (χ1n) is 5.98. The second-order valence-corrected chi connectivity index (χ2v) is 5.63. The van der Waals surface area contributed by atoms with Gasteiger partial charge in [-0.2, -0.15) is 0 Å². The number of hydrogen-bond acceptors (Lipinski definition) is 3. The highest BCUT2D eigenvalue weighted by molar-refractivity contribution is 5.68. The fraction of sp³-hybridized carbons (Fsp3) is 0.917. The van der Waals surface area contributed by atoms with Crippen LogP contribution in [0, 0.1) is 5.92 Å². The second-order valence-electron chi connectivity index (χ2n) is 5.63. The molecule has 2 atom stereocenters. The Hall–Kier alpha value is -0.770. The van der Waals surface area contributed by atoms with E-state index in [1.165, 1.54) is 0 Å². The Labute approximate surface area is 98.3 Å². The van der Waals surface area contributed by atoms with E-state index in [2.05, 4.69) is 12.2 Å². The molecule has 0 aromatic heterocycles. The Kier molecular flexibility index (Phi) is 4.19. The van der Waals surface area contributed by atoms with Gasteiger partial charge in [0.15, 0.2) is 0 Å². The zero-order valence-corrected chi connectivity index (χ0v) is 11.0. The third-order valence-electron chi connectivity index (χ3n) is 2.92. The maximum Gasteiger partial charge on any atom is 0.410 e. The summed E-state index contributed by atoms with van der Waals surface area (Å²) >= 11 is 0. The maximum atomic E-state index is 11.9. The van der Waals surface area contributed by atoms with E-state index in [1.807, 2.05) is 27.8 Å². The molecule has 16 heavy (non-hydrogen) atoms. The van der Waals surface area contributed by atoms with Crippen molar-refractivity contribution in [3.63, 3.8) is 0 Å². The van der Waals surface area contributed by atoms with E-state index in [-0.39, 0.29) is 12.1 Å². The largest absolute Gasteiger partial charge is 0.444 e. The molecule has 1 amide bonds. The molecular formula is C12H24N2O2. The predicted molar refractivity (Wildman–Crippen MR) is 64.4 cm³/mol. The van der Waals surface area contributed by atoms with Gasteiger partial charge in [0.1, 0.15) is 5.60 Å². The fourth-order valence-electron chi connectivity index (χ4n) is 2.04. The number of rotatable bonds is 1. The van der Waals surface area contributed by atoms with Gasteiger partial charge in [-0.1, -0.05) is 6.92 Å². The molecule has 0 radical (unpaired) electrons. The molecule has 0 aliphatic carbocycles. The van der Waals surface area contributed by atoms with Gasteiger partial charge >= 0.3 is 6.09 Å². The Balaban J connectivity index is 2.55. The molecule has 1 saturated heterocycles. The molecule has 1 rings (SSSR count). The van der Waals surface area contributed by atoms with Gasteiger partial charge in [-0.25, -0.2) is 4.79 Å². The molecule has 1 heterocycles. The lowest BCUT2D eigenvalue weighted by molar-refractivity contribution is 0.0141. The molecule has 94 valence electrons. The van der Waals surface area contributed by atoms with Gasteiger partial charge in [0.25, 0.3) is 0 Å². The minimum atomic E-state index is -0.415. The van der Waals surface area contributed by atoms with E-state index >= 15 is 0 Å². The zero-order valence-electron chi connectivity index (χ0n) is 11.0. The van der Waals surface area contributed by atoms with Crippen LogP contribution in [0.25, 0.3) is 0 Å². The van der Waals surface area contributed by atoms with Crippen molar-refractivity contribution in [2.24, 2.45) is 5.92 Å². The van der Waals surface area contributed by atoms with Crippen LogP contribution < -0.4 is 5.32 Å². The summed E-state index contributed by atoms with van der Waals surface area (Å²) in [6.07, 6.45) is 0.780. The van der Waals surface area contributed by atoms with Gasteiger partial charge in [-0.3, -0.25) is 0 Å². The van der Waals surface area contributed by atoms with Crippen molar-refractivity contribution in [3.05, 3.63) is 0 Å². The zero-order chi connectivity index (χ0) is 12.3. The number of nitrogens with one attached hydrogen (secondary N) is 1. The Morgan fingerprint density at radius 2 is 2.06 bits per heavy atom. The standard InChI is InChI=1S/C12H24N2O2/c1-9-8-13-7-6-10(9)14(5)11(15)16-12(2,3)4/h9-10,13H,6-8H2,1-5H3. The van der Waals surface area contributed by atoms with Gasteiger partial charge in [-0.15, -0.1) is 0 Å². The number of carbonyl (C=O) groups is 1. The van der Waals surface area contributed by atoms with E-state index < -0.39 is 5.60 Å². The lowest BCUT2D eigenvalue weighted by Crippen LogP contribution is -2.50. The number of amides is 1. The van der Waals surface area contributed by atoms with Crippen LogP contribution in [-0.4, -0.2) is 42.8 Å². The number of nitrogens with zero attached hydrogens (tertiary/aromatic N) is 1. The second kappa shape index (κ2) is 5.04. The van der Waals surface area contributed by atoms with Crippen LogP contribution in [0.1, 0.15) is 34.1 Å². The lowest BCUT2D eigenvalue weighted by Gasteiger charge is -2.37. The molecule has 0 saturated carbocycles. The Bertz CT molecular complexity index is 248. The van der Waals surface area contributed by atoms with Crippen LogP contribution in [0.3, 0.4) is 0 Å². The minimum absolute atomic E-state index is 0.216. The molecule has 1 fully saturated rings. The van der Waals surface area contributed by atoms with Crippen molar-refractivity contribution in [3.8, 4) is 0 Å². The summed E-state index contributed by atoms with van der Waals surface area (Å²) in [5.74, 6) is 0.478. The van der Waals surface area contributed by atoms with Crippen molar-refractivity contribution in [1.29, 1.82) is 0 Å². The first-order valence-corrected chi connectivity index (χ1v) is 5.98. The molecule has 4 heteroatoms. The monoisotopic (exact) mass is 228 g/mol. The number of hydrogen-bond donors (Lipinski definition) is 1. The summed E-state index contributed by atoms with van der Waals surface area (Å²) in [5.41, 5.74) is -0.415. The molecule has 1 aliphatic rings. The molecule has 2 unspecified atom stereocenters. The molecule has 1 aliphatic heterocycles. The number of carbonyl (C=O) groups excluding carboxylic acids is 1. The van der Waals surface area contributed by atoms with Crippen molar-refractivity contribution in [1.82, 2.24) is 10.2 Å². The third-order valence-corrected chi connectivity index (χ3v) is 2.92. The van der Waals surface area contributed by atoms with E-state index in [0.29, 0.717) is 5.92 Å². The van der Waals surface area contributed by atoms with Crippen molar-refractivity contribution < 1.29 is 9.53 Å². The SMILES string of the molecule is CC1CNCCC1N(C)C(=O)OC(C)(C)C. The first kappa shape index (κ1) is 13.3. The number of piperidine rings is 1. The maximum absolute atomic E-state index is 11.9. The van der Waals surface area contributed by atoms with Gasteiger partial charge in [0.05, 0.1) is 0 Å². The van der Waals surface area contributed by atoms with E-state index in [1.54, 1.807) is 4.90 Å². The highest BCUT2D eigenvalue weighted by Gasteiger charge is 2.30. The summed E-state index contributed by atoms with van der Waals surface area (Å²) in [7, 11) is 1.83. The van der Waals surface area contributed by atoms with Crippen LogP contribution in [-0.2, 0) is 4.74 Å². The van der Waals surface area contributed by atoms with Crippen LogP contribution in [0.5, 0.6) is 0 Å². The molecule has 1 N–H and O–H groups in total. The Morgan fingerprint density at radius 3 is 2.56 bits per heavy atom. The molecule has 4 nitrogen and oxygen atoms in total. The third kappa shape index (κ3) is 3.67. The summed E-state index contributed by atoms with van der Waals surface area (Å²) in [5, 5.41) is 3.33. The summed E-state index contributed by atoms with van der Waals surface area (Å²) in [4.78, 5) is 13.6. The highest BCUT2D eigenvalue weighted by atomic mass is 16.6. The van der Waals surface area contributed by atoms with Crippen molar-refractivity contribution >= 4 is 6.09 Å². The van der Waals surface area contributed by atoms with E-state index in [4.69, 9.17) is 4.74 Å². The first-order chi connectivity index (χ1) is 7.31. The Morgan fingerprint density at radius 1 is 1.44 bits per heavy atom. The van der Waals surface area contributed by atoms with Crippen LogP contribution in [0.4, 0.5) is 4.79 Å². The van der Waals surface area contributed by atoms with Crippen LogP contribution in [0.2, 0.25) is 0 Å². The summed E-state index contributed by atoms with van der Waals surface area (Å²) in [6.45, 7) is 9.79. The predicted octanol–water partition coefficient (Wildman–Crippen LogP) is 1.85. The highest BCUT2D eigenvalue weighted by Crippen LogP contribution is 2.19. The van der Waals surface area contributed by atoms with Gasteiger partial charge in [-0.05, 0) is 46.2 Å².